The second kappa shape index (κ2) is 4.39. The summed E-state index contributed by atoms with van der Waals surface area (Å²) in [6.45, 7) is 1.63. The molecule has 1 aromatic carbocycles. The van der Waals surface area contributed by atoms with Gasteiger partial charge in [-0.2, -0.15) is 4.98 Å². The van der Waals surface area contributed by atoms with Crippen molar-refractivity contribution < 1.29 is 17.7 Å². The zero-order valence-electron chi connectivity index (χ0n) is 9.75. The third-order valence-electron chi connectivity index (χ3n) is 2.27. The van der Waals surface area contributed by atoms with E-state index in [0.717, 1.165) is 0 Å². The SMILES string of the molecule is COc1ccc(S(N)(=O)=O)cc1-c1noc(C)n1. The summed E-state index contributed by atoms with van der Waals surface area (Å²) in [6, 6.07) is 4.18. The van der Waals surface area contributed by atoms with Crippen molar-refractivity contribution in [2.45, 2.75) is 11.8 Å². The zero-order chi connectivity index (χ0) is 13.3. The number of ether oxygens (including phenoxy) is 1. The fourth-order valence-corrected chi connectivity index (χ4v) is 1.99. The highest BCUT2D eigenvalue weighted by molar-refractivity contribution is 7.89. The predicted octanol–water partition coefficient (Wildman–Crippen LogP) is 0.701. The number of sulfonamides is 1. The molecule has 96 valence electrons. The first-order chi connectivity index (χ1) is 8.41. The van der Waals surface area contributed by atoms with E-state index in [0.29, 0.717) is 17.2 Å². The lowest BCUT2D eigenvalue weighted by Crippen LogP contribution is -2.12. The molecule has 7 nitrogen and oxygen atoms in total. The summed E-state index contributed by atoms with van der Waals surface area (Å²) in [6.07, 6.45) is 0. The molecule has 0 unspecified atom stereocenters. The second-order valence-corrected chi connectivity index (χ2v) is 5.11. The molecule has 8 heteroatoms. The first kappa shape index (κ1) is 12.5. The van der Waals surface area contributed by atoms with E-state index in [4.69, 9.17) is 14.4 Å². The van der Waals surface area contributed by atoms with Crippen molar-refractivity contribution >= 4 is 10.0 Å². The summed E-state index contributed by atoms with van der Waals surface area (Å²) in [5.41, 5.74) is 0.404. The number of nitrogens with two attached hydrogens (primary N) is 1. The molecule has 0 fully saturated rings. The Labute approximate surface area is 104 Å². The van der Waals surface area contributed by atoms with Crippen molar-refractivity contribution in [2.24, 2.45) is 5.14 Å². The summed E-state index contributed by atoms with van der Waals surface area (Å²) >= 11 is 0. The van der Waals surface area contributed by atoms with E-state index in [1.54, 1.807) is 6.92 Å². The van der Waals surface area contributed by atoms with E-state index in [2.05, 4.69) is 10.1 Å². The van der Waals surface area contributed by atoms with Crippen LogP contribution in [0.15, 0.2) is 27.6 Å². The van der Waals surface area contributed by atoms with Crippen molar-refractivity contribution in [2.75, 3.05) is 7.11 Å². The van der Waals surface area contributed by atoms with Crippen LogP contribution < -0.4 is 9.88 Å². The van der Waals surface area contributed by atoms with Crippen molar-refractivity contribution in [1.82, 2.24) is 10.1 Å². The number of hydrogen-bond acceptors (Lipinski definition) is 6. The van der Waals surface area contributed by atoms with Crippen LogP contribution in [0.3, 0.4) is 0 Å². The number of aryl methyl sites for hydroxylation is 1. The second-order valence-electron chi connectivity index (χ2n) is 3.54. The van der Waals surface area contributed by atoms with Gasteiger partial charge in [0.2, 0.25) is 21.7 Å². The Kier molecular flexibility index (Phi) is 3.05. The first-order valence-electron chi connectivity index (χ1n) is 4.93. The Morgan fingerprint density at radius 3 is 2.61 bits per heavy atom. The van der Waals surface area contributed by atoms with E-state index < -0.39 is 10.0 Å². The van der Waals surface area contributed by atoms with Crippen molar-refractivity contribution in [1.29, 1.82) is 0 Å². The van der Waals surface area contributed by atoms with E-state index >= 15 is 0 Å². The molecule has 0 aliphatic carbocycles. The summed E-state index contributed by atoms with van der Waals surface area (Å²) < 4.78 is 32.6. The lowest BCUT2D eigenvalue weighted by molar-refractivity contribution is 0.392. The van der Waals surface area contributed by atoms with Gasteiger partial charge in [-0.25, -0.2) is 13.6 Å². The zero-order valence-corrected chi connectivity index (χ0v) is 10.6. The Morgan fingerprint density at radius 2 is 2.11 bits per heavy atom. The van der Waals surface area contributed by atoms with Crippen LogP contribution in [0.2, 0.25) is 0 Å². The van der Waals surface area contributed by atoms with Gasteiger partial charge in [0.15, 0.2) is 0 Å². The number of methoxy groups -OCH3 is 1. The van der Waals surface area contributed by atoms with Gasteiger partial charge in [-0.05, 0) is 18.2 Å². The molecule has 0 bridgehead atoms. The van der Waals surface area contributed by atoms with E-state index in [1.807, 2.05) is 0 Å². The summed E-state index contributed by atoms with van der Waals surface area (Å²) in [4.78, 5) is 3.98. The maximum Gasteiger partial charge on any atom is 0.238 e. The van der Waals surface area contributed by atoms with Crippen LogP contribution in [-0.4, -0.2) is 25.7 Å². The first-order valence-corrected chi connectivity index (χ1v) is 6.48. The van der Waals surface area contributed by atoms with Crippen LogP contribution in [0.4, 0.5) is 0 Å². The van der Waals surface area contributed by atoms with E-state index in [1.165, 1.54) is 25.3 Å². The molecule has 18 heavy (non-hydrogen) atoms. The molecule has 1 aromatic heterocycles. The van der Waals surface area contributed by atoms with Crippen LogP contribution in [0.5, 0.6) is 5.75 Å². The summed E-state index contributed by atoms with van der Waals surface area (Å²) in [7, 11) is -2.33. The van der Waals surface area contributed by atoms with Gasteiger partial charge in [0.05, 0.1) is 17.6 Å². The Hall–Kier alpha value is -1.93. The standard InChI is InChI=1S/C10H11N3O4S/c1-6-12-10(13-17-6)8-5-7(18(11,14)15)3-4-9(8)16-2/h3-5H,1-2H3,(H2,11,14,15). The third kappa shape index (κ3) is 2.34. The molecular weight excluding hydrogens is 258 g/mol. The normalized spacial score (nSPS) is 11.5. The minimum atomic E-state index is -3.79. The quantitative estimate of drug-likeness (QED) is 0.878. The molecule has 0 spiro atoms. The van der Waals surface area contributed by atoms with Crippen LogP contribution in [0.25, 0.3) is 11.4 Å². The number of hydrogen-bond donors (Lipinski definition) is 1. The van der Waals surface area contributed by atoms with Gasteiger partial charge in [-0.1, -0.05) is 5.16 Å². The summed E-state index contributed by atoms with van der Waals surface area (Å²) in [5, 5.41) is 8.78. The molecule has 0 aliphatic heterocycles. The van der Waals surface area contributed by atoms with Gasteiger partial charge in [-0.15, -0.1) is 0 Å². The molecule has 0 atom stereocenters. The van der Waals surface area contributed by atoms with Crippen molar-refractivity contribution in [3.8, 4) is 17.1 Å². The van der Waals surface area contributed by atoms with Crippen molar-refractivity contribution in [3.05, 3.63) is 24.1 Å². The number of nitrogens with zero attached hydrogens (tertiary/aromatic N) is 2. The van der Waals surface area contributed by atoms with Crippen LogP contribution in [-0.2, 0) is 10.0 Å². The molecule has 1 heterocycles. The molecule has 2 aromatic rings. The maximum absolute atomic E-state index is 11.3. The predicted molar refractivity (Wildman–Crippen MR) is 62.4 cm³/mol. The average molecular weight is 269 g/mol. The monoisotopic (exact) mass is 269 g/mol. The number of primary sulfonamides is 1. The third-order valence-corrected chi connectivity index (χ3v) is 3.18. The number of rotatable bonds is 3. The maximum atomic E-state index is 11.3. The fraction of sp³-hybridized carbons (Fsp3) is 0.200. The van der Waals surface area contributed by atoms with Gasteiger partial charge in [-0.3, -0.25) is 0 Å². The van der Waals surface area contributed by atoms with Crippen LogP contribution in [0, 0.1) is 6.92 Å². The van der Waals surface area contributed by atoms with Gasteiger partial charge in [0, 0.05) is 6.92 Å². The topological polar surface area (TPSA) is 108 Å². The Balaban J connectivity index is 2.63. The van der Waals surface area contributed by atoms with E-state index in [-0.39, 0.29) is 10.7 Å². The molecule has 2 rings (SSSR count). The summed E-state index contributed by atoms with van der Waals surface area (Å²) in [5.74, 6) is 1.05. The highest BCUT2D eigenvalue weighted by Gasteiger charge is 2.16. The van der Waals surface area contributed by atoms with Crippen LogP contribution >= 0.6 is 0 Å². The van der Waals surface area contributed by atoms with Gasteiger partial charge >= 0.3 is 0 Å². The molecule has 0 saturated carbocycles. The fourth-order valence-electron chi connectivity index (χ4n) is 1.45. The van der Waals surface area contributed by atoms with Gasteiger partial charge in [0.25, 0.3) is 0 Å². The minimum absolute atomic E-state index is 0.0410. The van der Waals surface area contributed by atoms with Gasteiger partial charge in [0.1, 0.15) is 5.75 Å². The largest absolute Gasteiger partial charge is 0.496 e. The lowest BCUT2D eigenvalue weighted by Gasteiger charge is -2.06. The van der Waals surface area contributed by atoms with E-state index in [9.17, 15) is 8.42 Å². The molecule has 2 N–H and O–H groups in total. The molecular formula is C10H11N3O4S. The number of benzene rings is 1. The highest BCUT2D eigenvalue weighted by Crippen LogP contribution is 2.29. The Morgan fingerprint density at radius 1 is 1.39 bits per heavy atom. The minimum Gasteiger partial charge on any atom is -0.496 e. The average Bonchev–Trinajstić information content (AvgIpc) is 2.73. The van der Waals surface area contributed by atoms with Crippen molar-refractivity contribution in [3.63, 3.8) is 0 Å². The lowest BCUT2D eigenvalue weighted by atomic mass is 10.2. The molecule has 0 aliphatic rings. The molecule has 0 radical (unpaired) electrons. The smallest absolute Gasteiger partial charge is 0.238 e. The number of aromatic nitrogens is 2. The molecule has 0 amide bonds. The van der Waals surface area contributed by atoms with Crippen LogP contribution in [0.1, 0.15) is 5.89 Å². The van der Waals surface area contributed by atoms with Gasteiger partial charge < -0.3 is 9.26 Å². The molecule has 0 saturated heterocycles. The highest BCUT2D eigenvalue weighted by atomic mass is 32.2. The Bertz CT molecular complexity index is 678.